The van der Waals surface area contributed by atoms with Crippen molar-refractivity contribution < 1.29 is 0 Å². The van der Waals surface area contributed by atoms with Crippen LogP contribution in [0, 0.1) is 0 Å². The SMILES string of the molecule is CCCn1c(CC(NN)c2cccs2)nc2ccccc21. The molecule has 0 radical (unpaired) electrons. The number of aryl methyl sites for hydroxylation is 1. The molecule has 2 aromatic heterocycles. The zero-order valence-corrected chi connectivity index (χ0v) is 12.9. The number of hydrazine groups is 1. The molecule has 0 amide bonds. The van der Waals surface area contributed by atoms with E-state index in [9.17, 15) is 0 Å². The summed E-state index contributed by atoms with van der Waals surface area (Å²) < 4.78 is 2.31. The zero-order valence-electron chi connectivity index (χ0n) is 12.1. The number of nitrogens with two attached hydrogens (primary N) is 1. The fourth-order valence-electron chi connectivity index (χ4n) is 2.67. The molecule has 0 aliphatic rings. The van der Waals surface area contributed by atoms with Crippen molar-refractivity contribution in [2.45, 2.75) is 32.4 Å². The first kappa shape index (κ1) is 14.3. The lowest BCUT2D eigenvalue weighted by Gasteiger charge is -2.15. The molecule has 3 aromatic rings. The smallest absolute Gasteiger partial charge is 0.111 e. The van der Waals surface area contributed by atoms with Crippen molar-refractivity contribution in [3.8, 4) is 0 Å². The molecule has 0 aliphatic carbocycles. The Labute approximate surface area is 128 Å². The molecular weight excluding hydrogens is 280 g/mol. The number of nitrogens with one attached hydrogen (secondary N) is 1. The van der Waals surface area contributed by atoms with E-state index in [1.807, 2.05) is 6.07 Å². The van der Waals surface area contributed by atoms with E-state index in [0.717, 1.165) is 30.7 Å². The van der Waals surface area contributed by atoms with E-state index >= 15 is 0 Å². The van der Waals surface area contributed by atoms with Gasteiger partial charge in [0, 0.05) is 17.8 Å². The molecule has 0 bridgehead atoms. The first-order chi connectivity index (χ1) is 10.3. The van der Waals surface area contributed by atoms with Gasteiger partial charge in [-0.25, -0.2) is 4.98 Å². The number of thiophene rings is 1. The van der Waals surface area contributed by atoms with Gasteiger partial charge in [0.15, 0.2) is 0 Å². The number of nitrogens with zero attached hydrogens (tertiary/aromatic N) is 2. The van der Waals surface area contributed by atoms with Crippen LogP contribution in [0.2, 0.25) is 0 Å². The van der Waals surface area contributed by atoms with E-state index in [1.165, 1.54) is 10.4 Å². The number of aromatic nitrogens is 2. The Balaban J connectivity index is 1.97. The van der Waals surface area contributed by atoms with Crippen molar-refractivity contribution in [2.75, 3.05) is 0 Å². The highest BCUT2D eigenvalue weighted by Crippen LogP contribution is 2.24. The summed E-state index contributed by atoms with van der Waals surface area (Å²) in [6.07, 6.45) is 1.89. The molecule has 0 spiro atoms. The van der Waals surface area contributed by atoms with Gasteiger partial charge in [-0.2, -0.15) is 0 Å². The Morgan fingerprint density at radius 2 is 2.14 bits per heavy atom. The van der Waals surface area contributed by atoms with Crippen LogP contribution in [-0.4, -0.2) is 9.55 Å². The van der Waals surface area contributed by atoms with Gasteiger partial charge >= 0.3 is 0 Å². The van der Waals surface area contributed by atoms with E-state index < -0.39 is 0 Å². The molecule has 0 aliphatic heterocycles. The van der Waals surface area contributed by atoms with Crippen LogP contribution in [0.5, 0.6) is 0 Å². The lowest BCUT2D eigenvalue weighted by atomic mass is 10.1. The fraction of sp³-hybridized carbons (Fsp3) is 0.312. The molecule has 21 heavy (non-hydrogen) atoms. The van der Waals surface area contributed by atoms with Crippen molar-refractivity contribution in [1.29, 1.82) is 0 Å². The topological polar surface area (TPSA) is 55.9 Å². The molecule has 1 atom stereocenters. The highest BCUT2D eigenvalue weighted by Gasteiger charge is 2.17. The number of hydrogen-bond donors (Lipinski definition) is 2. The maximum atomic E-state index is 5.75. The lowest BCUT2D eigenvalue weighted by molar-refractivity contribution is 0.527. The van der Waals surface area contributed by atoms with Crippen LogP contribution in [-0.2, 0) is 13.0 Å². The van der Waals surface area contributed by atoms with Gasteiger partial charge in [-0.1, -0.05) is 25.1 Å². The summed E-state index contributed by atoms with van der Waals surface area (Å²) in [6, 6.07) is 12.6. The van der Waals surface area contributed by atoms with Crippen LogP contribution in [0.15, 0.2) is 41.8 Å². The number of hydrogen-bond acceptors (Lipinski definition) is 4. The van der Waals surface area contributed by atoms with E-state index in [4.69, 9.17) is 10.8 Å². The van der Waals surface area contributed by atoms with Crippen LogP contribution < -0.4 is 11.3 Å². The molecule has 110 valence electrons. The maximum absolute atomic E-state index is 5.75. The van der Waals surface area contributed by atoms with Crippen LogP contribution in [0.25, 0.3) is 11.0 Å². The van der Waals surface area contributed by atoms with Crippen molar-refractivity contribution in [2.24, 2.45) is 5.84 Å². The zero-order chi connectivity index (χ0) is 14.7. The molecule has 1 aromatic carbocycles. The van der Waals surface area contributed by atoms with Crippen molar-refractivity contribution >= 4 is 22.4 Å². The average molecular weight is 300 g/mol. The Kier molecular flexibility index (Phi) is 4.34. The first-order valence-corrected chi connectivity index (χ1v) is 8.15. The highest BCUT2D eigenvalue weighted by molar-refractivity contribution is 7.10. The Hall–Kier alpha value is -1.69. The molecule has 0 saturated carbocycles. The van der Waals surface area contributed by atoms with Crippen LogP contribution in [0.3, 0.4) is 0 Å². The van der Waals surface area contributed by atoms with Gasteiger partial charge in [0.05, 0.1) is 17.1 Å². The molecule has 5 heteroatoms. The minimum Gasteiger partial charge on any atom is -0.328 e. The average Bonchev–Trinajstić information content (AvgIpc) is 3.14. The van der Waals surface area contributed by atoms with E-state index in [2.05, 4.69) is 52.6 Å². The minimum absolute atomic E-state index is 0.109. The second kappa shape index (κ2) is 6.39. The standard InChI is InChI=1S/C16H20N4S/c1-2-9-20-14-7-4-3-6-12(14)18-16(20)11-13(19-17)15-8-5-10-21-15/h3-8,10,13,19H,2,9,11,17H2,1H3. The summed E-state index contributed by atoms with van der Waals surface area (Å²) >= 11 is 1.72. The molecular formula is C16H20N4S. The highest BCUT2D eigenvalue weighted by atomic mass is 32.1. The van der Waals surface area contributed by atoms with Gasteiger partial charge in [0.2, 0.25) is 0 Å². The number of imidazole rings is 1. The largest absolute Gasteiger partial charge is 0.328 e. The minimum atomic E-state index is 0.109. The lowest BCUT2D eigenvalue weighted by Crippen LogP contribution is -2.29. The normalized spacial score (nSPS) is 12.9. The maximum Gasteiger partial charge on any atom is 0.111 e. The van der Waals surface area contributed by atoms with Gasteiger partial charge in [-0.3, -0.25) is 11.3 Å². The predicted molar refractivity (Wildman–Crippen MR) is 88.1 cm³/mol. The van der Waals surface area contributed by atoms with Gasteiger partial charge < -0.3 is 4.57 Å². The summed E-state index contributed by atoms with van der Waals surface area (Å²) in [6.45, 7) is 3.17. The van der Waals surface area contributed by atoms with Crippen LogP contribution in [0.4, 0.5) is 0 Å². The number of para-hydroxylation sites is 2. The number of benzene rings is 1. The summed E-state index contributed by atoms with van der Waals surface area (Å²) in [5.74, 6) is 6.84. The van der Waals surface area contributed by atoms with E-state index in [1.54, 1.807) is 11.3 Å². The summed E-state index contributed by atoms with van der Waals surface area (Å²) in [5, 5.41) is 2.08. The first-order valence-electron chi connectivity index (χ1n) is 7.27. The van der Waals surface area contributed by atoms with Crippen LogP contribution >= 0.6 is 11.3 Å². The summed E-state index contributed by atoms with van der Waals surface area (Å²) in [4.78, 5) is 6.04. The molecule has 4 nitrogen and oxygen atoms in total. The predicted octanol–water partition coefficient (Wildman–Crippen LogP) is 3.25. The quantitative estimate of drug-likeness (QED) is 0.543. The number of fused-ring (bicyclic) bond motifs is 1. The van der Waals surface area contributed by atoms with Crippen molar-refractivity contribution in [3.05, 3.63) is 52.5 Å². The Morgan fingerprint density at radius 3 is 2.86 bits per heavy atom. The third-order valence-electron chi connectivity index (χ3n) is 3.66. The second-order valence-corrected chi connectivity index (χ2v) is 6.09. The van der Waals surface area contributed by atoms with Gasteiger partial charge in [0.1, 0.15) is 5.82 Å². The molecule has 1 unspecified atom stereocenters. The third kappa shape index (κ3) is 2.85. The van der Waals surface area contributed by atoms with E-state index in [0.29, 0.717) is 0 Å². The molecule has 3 rings (SSSR count). The third-order valence-corrected chi connectivity index (χ3v) is 4.64. The monoisotopic (exact) mass is 300 g/mol. The second-order valence-electron chi connectivity index (χ2n) is 5.11. The number of rotatable bonds is 6. The summed E-state index contributed by atoms with van der Waals surface area (Å²) in [7, 11) is 0. The van der Waals surface area contributed by atoms with Gasteiger partial charge in [-0.15, -0.1) is 11.3 Å². The molecule has 2 heterocycles. The Morgan fingerprint density at radius 1 is 1.29 bits per heavy atom. The van der Waals surface area contributed by atoms with E-state index in [-0.39, 0.29) is 6.04 Å². The van der Waals surface area contributed by atoms with Crippen LogP contribution in [0.1, 0.15) is 30.1 Å². The fourth-order valence-corrected chi connectivity index (χ4v) is 3.46. The molecule has 3 N–H and O–H groups in total. The van der Waals surface area contributed by atoms with Gasteiger partial charge in [0.25, 0.3) is 0 Å². The molecule has 0 saturated heterocycles. The summed E-state index contributed by atoms with van der Waals surface area (Å²) in [5.41, 5.74) is 5.19. The Bertz CT molecular complexity index is 702. The van der Waals surface area contributed by atoms with Crippen molar-refractivity contribution in [3.63, 3.8) is 0 Å². The molecule has 0 fully saturated rings. The van der Waals surface area contributed by atoms with Gasteiger partial charge in [-0.05, 0) is 30.0 Å². The van der Waals surface area contributed by atoms with Crippen molar-refractivity contribution in [1.82, 2.24) is 15.0 Å².